The van der Waals surface area contributed by atoms with Crippen molar-refractivity contribution in [3.63, 3.8) is 0 Å². The summed E-state index contributed by atoms with van der Waals surface area (Å²) in [5.41, 5.74) is 1.81. The Morgan fingerprint density at radius 1 is 1.20 bits per heavy atom. The lowest BCUT2D eigenvalue weighted by Gasteiger charge is -2.14. The molecule has 0 fully saturated rings. The van der Waals surface area contributed by atoms with Crippen molar-refractivity contribution < 1.29 is 4.42 Å². The number of hydrogen-bond acceptors (Lipinski definition) is 4. The number of thioether (sulfide) groups is 1. The maximum absolute atomic E-state index is 5.68. The Kier molecular flexibility index (Phi) is 5.92. The number of aromatic nitrogens is 1. The smallest absolute Gasteiger partial charge is 0.256 e. The number of benzene rings is 1. The van der Waals surface area contributed by atoms with Gasteiger partial charge in [0, 0.05) is 18.3 Å². The molecule has 0 aliphatic rings. The molecule has 110 valence electrons. The fraction of sp³-hybridized carbons (Fsp3) is 0.562. The predicted octanol–water partition coefficient (Wildman–Crippen LogP) is 4.33. The van der Waals surface area contributed by atoms with Crippen molar-refractivity contribution in [3.05, 3.63) is 24.3 Å². The Balaban J connectivity index is 1.68. The summed E-state index contributed by atoms with van der Waals surface area (Å²) in [7, 11) is 0. The summed E-state index contributed by atoms with van der Waals surface area (Å²) >= 11 is 1.67. The third kappa shape index (κ3) is 4.84. The molecule has 1 aromatic carbocycles. The highest BCUT2D eigenvalue weighted by Crippen LogP contribution is 2.22. The van der Waals surface area contributed by atoms with E-state index in [9.17, 15) is 0 Å². The van der Waals surface area contributed by atoms with Crippen LogP contribution in [0.2, 0.25) is 0 Å². The summed E-state index contributed by atoms with van der Waals surface area (Å²) in [5.74, 6) is 1.77. The van der Waals surface area contributed by atoms with Gasteiger partial charge in [-0.15, -0.1) is 0 Å². The van der Waals surface area contributed by atoms with Crippen LogP contribution in [0.3, 0.4) is 0 Å². The van der Waals surface area contributed by atoms with Gasteiger partial charge in [-0.3, -0.25) is 0 Å². The third-order valence-corrected chi connectivity index (χ3v) is 4.10. The molecule has 3 nitrogen and oxygen atoms in total. The van der Waals surface area contributed by atoms with Crippen molar-refractivity contribution in [2.24, 2.45) is 5.92 Å². The zero-order valence-corrected chi connectivity index (χ0v) is 13.4. The number of rotatable bonds is 8. The van der Waals surface area contributed by atoms with E-state index in [0.29, 0.717) is 6.04 Å². The van der Waals surface area contributed by atoms with Crippen LogP contribution in [0, 0.1) is 5.92 Å². The average Bonchev–Trinajstić information content (AvgIpc) is 2.84. The van der Waals surface area contributed by atoms with E-state index >= 15 is 0 Å². The molecule has 0 saturated heterocycles. The van der Waals surface area contributed by atoms with Gasteiger partial charge in [0.05, 0.1) is 0 Å². The highest BCUT2D eigenvalue weighted by atomic mass is 32.2. The quantitative estimate of drug-likeness (QED) is 0.580. The molecule has 0 aliphatic heterocycles. The minimum atomic E-state index is 0.585. The molecule has 2 aromatic rings. The summed E-state index contributed by atoms with van der Waals surface area (Å²) in [4.78, 5) is 4.46. The van der Waals surface area contributed by atoms with Gasteiger partial charge in [0.25, 0.3) is 5.22 Å². The standard InChI is InChI=1S/C16H24N2OS/c1-12(2)8-9-13(3)17-10-11-20-16-18-14-6-4-5-7-15(14)19-16/h4-7,12-13,17H,8-11H2,1-3H3. The Morgan fingerprint density at radius 2 is 2.00 bits per heavy atom. The van der Waals surface area contributed by atoms with E-state index < -0.39 is 0 Å². The molecule has 0 bridgehead atoms. The number of nitrogens with zero attached hydrogens (tertiary/aromatic N) is 1. The molecule has 1 atom stereocenters. The second kappa shape index (κ2) is 7.70. The van der Waals surface area contributed by atoms with Gasteiger partial charge < -0.3 is 9.73 Å². The molecule has 20 heavy (non-hydrogen) atoms. The minimum absolute atomic E-state index is 0.585. The predicted molar refractivity (Wildman–Crippen MR) is 86.3 cm³/mol. The Hall–Kier alpha value is -1.00. The number of para-hydroxylation sites is 2. The zero-order valence-electron chi connectivity index (χ0n) is 12.6. The molecule has 2 rings (SSSR count). The lowest BCUT2D eigenvalue weighted by molar-refractivity contribution is 0.459. The van der Waals surface area contributed by atoms with E-state index in [-0.39, 0.29) is 0 Å². The Bertz CT molecular complexity index is 491. The molecule has 1 aromatic heterocycles. The number of hydrogen-bond donors (Lipinski definition) is 1. The van der Waals surface area contributed by atoms with E-state index in [1.165, 1.54) is 12.8 Å². The number of oxazole rings is 1. The highest BCUT2D eigenvalue weighted by molar-refractivity contribution is 7.99. The number of fused-ring (bicyclic) bond motifs is 1. The molecule has 4 heteroatoms. The summed E-state index contributed by atoms with van der Waals surface area (Å²) in [6.07, 6.45) is 2.53. The van der Waals surface area contributed by atoms with Crippen LogP contribution in [0.4, 0.5) is 0 Å². The Morgan fingerprint density at radius 3 is 2.75 bits per heavy atom. The normalized spacial score (nSPS) is 13.2. The fourth-order valence-corrected chi connectivity index (χ4v) is 2.75. The van der Waals surface area contributed by atoms with Gasteiger partial charge >= 0.3 is 0 Å². The van der Waals surface area contributed by atoms with Crippen LogP contribution >= 0.6 is 11.8 Å². The summed E-state index contributed by atoms with van der Waals surface area (Å²) in [6.45, 7) is 7.79. The van der Waals surface area contributed by atoms with Crippen molar-refractivity contribution in [2.75, 3.05) is 12.3 Å². The van der Waals surface area contributed by atoms with E-state index in [0.717, 1.165) is 34.5 Å². The van der Waals surface area contributed by atoms with Gasteiger partial charge in [-0.1, -0.05) is 37.7 Å². The largest absolute Gasteiger partial charge is 0.431 e. The maximum Gasteiger partial charge on any atom is 0.256 e. The summed E-state index contributed by atoms with van der Waals surface area (Å²) in [5, 5.41) is 4.32. The second-order valence-electron chi connectivity index (χ2n) is 5.62. The molecule has 0 spiro atoms. The minimum Gasteiger partial charge on any atom is -0.431 e. The third-order valence-electron chi connectivity index (χ3n) is 3.27. The summed E-state index contributed by atoms with van der Waals surface area (Å²) in [6, 6.07) is 8.48. The van der Waals surface area contributed by atoms with E-state index in [2.05, 4.69) is 31.1 Å². The van der Waals surface area contributed by atoms with Crippen molar-refractivity contribution in [1.82, 2.24) is 10.3 Å². The van der Waals surface area contributed by atoms with Gasteiger partial charge in [0.2, 0.25) is 0 Å². The maximum atomic E-state index is 5.68. The van der Waals surface area contributed by atoms with Crippen molar-refractivity contribution in [2.45, 2.75) is 44.9 Å². The van der Waals surface area contributed by atoms with Gasteiger partial charge in [0.15, 0.2) is 5.58 Å². The molecule has 0 amide bonds. The molecule has 0 radical (unpaired) electrons. The molecule has 0 aliphatic carbocycles. The highest BCUT2D eigenvalue weighted by Gasteiger charge is 2.06. The first-order valence-electron chi connectivity index (χ1n) is 7.37. The molecule has 0 saturated carbocycles. The van der Waals surface area contributed by atoms with Crippen molar-refractivity contribution >= 4 is 22.9 Å². The van der Waals surface area contributed by atoms with Crippen LogP contribution in [0.25, 0.3) is 11.1 Å². The van der Waals surface area contributed by atoms with E-state index in [4.69, 9.17) is 4.42 Å². The lowest BCUT2D eigenvalue weighted by Crippen LogP contribution is -2.28. The summed E-state index contributed by atoms with van der Waals surface area (Å²) < 4.78 is 5.68. The van der Waals surface area contributed by atoms with Crippen LogP contribution in [0.15, 0.2) is 33.9 Å². The van der Waals surface area contributed by atoms with Gasteiger partial charge in [-0.2, -0.15) is 0 Å². The monoisotopic (exact) mass is 292 g/mol. The van der Waals surface area contributed by atoms with Gasteiger partial charge in [0.1, 0.15) is 5.52 Å². The fourth-order valence-electron chi connectivity index (χ4n) is 2.04. The van der Waals surface area contributed by atoms with Crippen LogP contribution in [0.1, 0.15) is 33.6 Å². The Labute approximate surface area is 125 Å². The van der Waals surface area contributed by atoms with Crippen molar-refractivity contribution in [3.8, 4) is 0 Å². The first-order chi connectivity index (χ1) is 9.65. The van der Waals surface area contributed by atoms with E-state index in [1.807, 2.05) is 24.3 Å². The zero-order chi connectivity index (χ0) is 14.4. The van der Waals surface area contributed by atoms with Crippen molar-refractivity contribution in [1.29, 1.82) is 0 Å². The topological polar surface area (TPSA) is 38.1 Å². The average molecular weight is 292 g/mol. The molecular formula is C16H24N2OS. The SMILES string of the molecule is CC(C)CCC(C)NCCSc1nc2ccccc2o1. The molecule has 1 N–H and O–H groups in total. The van der Waals surface area contributed by atoms with Crippen LogP contribution in [-0.4, -0.2) is 23.3 Å². The molecule has 1 heterocycles. The number of nitrogens with one attached hydrogen (secondary N) is 1. The van der Waals surface area contributed by atoms with Gasteiger partial charge in [-0.05, 0) is 37.8 Å². The first-order valence-corrected chi connectivity index (χ1v) is 8.35. The van der Waals surface area contributed by atoms with Crippen LogP contribution in [0.5, 0.6) is 0 Å². The molecule has 1 unspecified atom stereocenters. The first kappa shape index (κ1) is 15.4. The van der Waals surface area contributed by atoms with E-state index in [1.54, 1.807) is 11.8 Å². The van der Waals surface area contributed by atoms with Crippen LogP contribution < -0.4 is 5.32 Å². The second-order valence-corrected chi connectivity index (χ2v) is 6.67. The van der Waals surface area contributed by atoms with Crippen LogP contribution in [-0.2, 0) is 0 Å². The van der Waals surface area contributed by atoms with Gasteiger partial charge in [-0.25, -0.2) is 4.98 Å². The molecular weight excluding hydrogens is 268 g/mol. The lowest BCUT2D eigenvalue weighted by atomic mass is 10.0.